The van der Waals surface area contributed by atoms with Crippen molar-refractivity contribution in [3.63, 3.8) is 0 Å². The SMILES string of the molecule is CC(O)CCCn1c(C(C)C)nc2cccc(C(=O)O)c21. The van der Waals surface area contributed by atoms with Crippen LogP contribution in [0.1, 0.15) is 55.7 Å². The minimum absolute atomic E-state index is 0.214. The van der Waals surface area contributed by atoms with Crippen molar-refractivity contribution in [1.29, 1.82) is 0 Å². The Morgan fingerprint density at radius 2 is 2.05 bits per heavy atom. The van der Waals surface area contributed by atoms with Crippen molar-refractivity contribution < 1.29 is 15.0 Å². The lowest BCUT2D eigenvalue weighted by Gasteiger charge is -2.13. The summed E-state index contributed by atoms with van der Waals surface area (Å²) in [6.45, 7) is 6.52. The first kappa shape index (κ1) is 15.5. The molecule has 0 spiro atoms. The van der Waals surface area contributed by atoms with Gasteiger partial charge in [0, 0.05) is 12.5 Å². The molecule has 0 fully saturated rings. The van der Waals surface area contributed by atoms with E-state index in [4.69, 9.17) is 0 Å². The number of aryl methyl sites for hydroxylation is 1. The number of carboxylic acids is 1. The number of aliphatic hydroxyl groups excluding tert-OH is 1. The molecule has 0 aliphatic heterocycles. The number of para-hydroxylation sites is 1. The van der Waals surface area contributed by atoms with Gasteiger partial charge in [0.25, 0.3) is 0 Å². The van der Waals surface area contributed by atoms with Crippen LogP contribution in [0.4, 0.5) is 0 Å². The summed E-state index contributed by atoms with van der Waals surface area (Å²) in [4.78, 5) is 16.0. The van der Waals surface area contributed by atoms with Crippen LogP contribution < -0.4 is 0 Å². The molecule has 5 heteroatoms. The second-order valence-electron chi connectivity index (χ2n) is 5.75. The van der Waals surface area contributed by atoms with E-state index in [9.17, 15) is 15.0 Å². The predicted molar refractivity (Wildman–Crippen MR) is 81.7 cm³/mol. The van der Waals surface area contributed by atoms with E-state index in [-0.39, 0.29) is 17.6 Å². The van der Waals surface area contributed by atoms with Crippen molar-refractivity contribution in [3.05, 3.63) is 29.6 Å². The lowest BCUT2D eigenvalue weighted by molar-refractivity contribution is 0.0698. The van der Waals surface area contributed by atoms with Gasteiger partial charge in [0.15, 0.2) is 0 Å². The van der Waals surface area contributed by atoms with Crippen LogP contribution in [-0.2, 0) is 6.54 Å². The largest absolute Gasteiger partial charge is 0.478 e. The van der Waals surface area contributed by atoms with E-state index in [0.717, 1.165) is 17.8 Å². The van der Waals surface area contributed by atoms with Crippen molar-refractivity contribution in [2.45, 2.75) is 52.2 Å². The van der Waals surface area contributed by atoms with E-state index < -0.39 is 5.97 Å². The maximum absolute atomic E-state index is 11.4. The average molecular weight is 290 g/mol. The highest BCUT2D eigenvalue weighted by molar-refractivity contribution is 6.01. The lowest BCUT2D eigenvalue weighted by atomic mass is 10.1. The Morgan fingerprint density at radius 3 is 2.62 bits per heavy atom. The van der Waals surface area contributed by atoms with Gasteiger partial charge < -0.3 is 14.8 Å². The van der Waals surface area contributed by atoms with E-state index in [2.05, 4.69) is 4.98 Å². The van der Waals surface area contributed by atoms with Gasteiger partial charge in [0.05, 0.1) is 22.7 Å². The summed E-state index contributed by atoms with van der Waals surface area (Å²) >= 11 is 0. The van der Waals surface area contributed by atoms with Gasteiger partial charge >= 0.3 is 5.97 Å². The van der Waals surface area contributed by atoms with Gasteiger partial charge in [0.2, 0.25) is 0 Å². The van der Waals surface area contributed by atoms with Crippen molar-refractivity contribution >= 4 is 17.0 Å². The lowest BCUT2D eigenvalue weighted by Crippen LogP contribution is -2.10. The average Bonchev–Trinajstić information content (AvgIpc) is 2.77. The van der Waals surface area contributed by atoms with Crippen molar-refractivity contribution in [3.8, 4) is 0 Å². The minimum Gasteiger partial charge on any atom is -0.478 e. The molecule has 5 nitrogen and oxygen atoms in total. The van der Waals surface area contributed by atoms with Crippen LogP contribution in [-0.4, -0.2) is 31.8 Å². The summed E-state index contributed by atoms with van der Waals surface area (Å²) in [5, 5.41) is 18.8. The molecule has 0 saturated carbocycles. The number of hydrogen-bond donors (Lipinski definition) is 2. The zero-order chi connectivity index (χ0) is 15.6. The Kier molecular flexibility index (Phi) is 4.63. The molecule has 1 aromatic carbocycles. The highest BCUT2D eigenvalue weighted by Crippen LogP contribution is 2.25. The van der Waals surface area contributed by atoms with Crippen LogP contribution in [0, 0.1) is 0 Å². The van der Waals surface area contributed by atoms with E-state index in [1.54, 1.807) is 19.1 Å². The third kappa shape index (κ3) is 3.24. The van der Waals surface area contributed by atoms with Gasteiger partial charge in [-0.3, -0.25) is 0 Å². The third-order valence-electron chi connectivity index (χ3n) is 3.55. The molecule has 0 radical (unpaired) electrons. The number of benzene rings is 1. The van der Waals surface area contributed by atoms with Gasteiger partial charge in [-0.05, 0) is 31.9 Å². The highest BCUT2D eigenvalue weighted by Gasteiger charge is 2.19. The predicted octanol–water partition coefficient (Wildman–Crippen LogP) is 3.02. The molecule has 0 bridgehead atoms. The standard InChI is InChI=1S/C16H22N2O3/c1-10(2)15-17-13-8-4-7-12(16(20)21)14(13)18(15)9-5-6-11(3)19/h4,7-8,10-11,19H,5-6,9H2,1-3H3,(H,20,21). The fourth-order valence-electron chi connectivity index (χ4n) is 2.59. The number of imidazole rings is 1. The number of carbonyl (C=O) groups is 1. The Morgan fingerprint density at radius 1 is 1.33 bits per heavy atom. The maximum Gasteiger partial charge on any atom is 0.337 e. The van der Waals surface area contributed by atoms with Gasteiger partial charge in [-0.2, -0.15) is 0 Å². The third-order valence-corrected chi connectivity index (χ3v) is 3.55. The molecule has 0 aliphatic rings. The quantitative estimate of drug-likeness (QED) is 0.857. The molecule has 1 atom stereocenters. The Balaban J connectivity index is 2.52. The fourth-order valence-corrected chi connectivity index (χ4v) is 2.59. The second kappa shape index (κ2) is 6.26. The van der Waals surface area contributed by atoms with E-state index in [1.165, 1.54) is 0 Å². The van der Waals surface area contributed by atoms with E-state index in [0.29, 0.717) is 18.5 Å². The molecule has 2 rings (SSSR count). The number of aliphatic hydroxyl groups is 1. The van der Waals surface area contributed by atoms with Gasteiger partial charge in [0.1, 0.15) is 5.82 Å². The first-order chi connectivity index (χ1) is 9.91. The van der Waals surface area contributed by atoms with Crippen molar-refractivity contribution in [2.24, 2.45) is 0 Å². The number of aromatic carboxylic acids is 1. The van der Waals surface area contributed by atoms with Crippen LogP contribution >= 0.6 is 0 Å². The number of carboxylic acid groups (broad SMARTS) is 1. The molecule has 2 N–H and O–H groups in total. The normalized spacial score (nSPS) is 13.0. The Bertz CT molecular complexity index is 644. The van der Waals surface area contributed by atoms with Gasteiger partial charge in [-0.15, -0.1) is 0 Å². The number of rotatable bonds is 6. The number of aromatic nitrogens is 2. The molecule has 21 heavy (non-hydrogen) atoms. The molecule has 1 unspecified atom stereocenters. The Labute approximate surface area is 124 Å². The van der Waals surface area contributed by atoms with Crippen LogP contribution in [0.5, 0.6) is 0 Å². The molecular formula is C16H22N2O3. The molecule has 0 saturated heterocycles. The molecular weight excluding hydrogens is 268 g/mol. The Hall–Kier alpha value is -1.88. The fraction of sp³-hybridized carbons (Fsp3) is 0.500. The smallest absolute Gasteiger partial charge is 0.337 e. The van der Waals surface area contributed by atoms with E-state index >= 15 is 0 Å². The van der Waals surface area contributed by atoms with E-state index in [1.807, 2.05) is 24.5 Å². The first-order valence-corrected chi connectivity index (χ1v) is 7.32. The summed E-state index contributed by atoms with van der Waals surface area (Å²) in [6.07, 6.45) is 1.13. The number of hydrogen-bond acceptors (Lipinski definition) is 3. The summed E-state index contributed by atoms with van der Waals surface area (Å²) in [5.41, 5.74) is 1.68. The molecule has 2 aromatic rings. The van der Waals surface area contributed by atoms with Crippen molar-refractivity contribution in [1.82, 2.24) is 9.55 Å². The summed E-state index contributed by atoms with van der Waals surface area (Å²) in [5.74, 6) is 0.169. The molecule has 1 heterocycles. The van der Waals surface area contributed by atoms with Gasteiger partial charge in [-0.25, -0.2) is 9.78 Å². The highest BCUT2D eigenvalue weighted by atomic mass is 16.4. The summed E-state index contributed by atoms with van der Waals surface area (Å²) < 4.78 is 1.99. The van der Waals surface area contributed by atoms with Crippen LogP contribution in [0.3, 0.4) is 0 Å². The van der Waals surface area contributed by atoms with Crippen LogP contribution in [0.15, 0.2) is 18.2 Å². The number of fused-ring (bicyclic) bond motifs is 1. The first-order valence-electron chi connectivity index (χ1n) is 7.32. The zero-order valence-corrected chi connectivity index (χ0v) is 12.7. The summed E-state index contributed by atoms with van der Waals surface area (Å²) in [7, 11) is 0. The zero-order valence-electron chi connectivity index (χ0n) is 12.7. The topological polar surface area (TPSA) is 75.3 Å². The molecule has 1 aromatic heterocycles. The number of nitrogens with zero attached hydrogens (tertiary/aromatic N) is 2. The molecule has 0 amide bonds. The van der Waals surface area contributed by atoms with Gasteiger partial charge in [-0.1, -0.05) is 19.9 Å². The van der Waals surface area contributed by atoms with Crippen LogP contribution in [0.2, 0.25) is 0 Å². The molecule has 114 valence electrons. The summed E-state index contributed by atoms with van der Waals surface area (Å²) in [6, 6.07) is 5.18. The van der Waals surface area contributed by atoms with Crippen molar-refractivity contribution in [2.75, 3.05) is 0 Å². The second-order valence-corrected chi connectivity index (χ2v) is 5.75. The molecule has 0 aliphatic carbocycles. The minimum atomic E-state index is -0.937. The maximum atomic E-state index is 11.4. The monoisotopic (exact) mass is 290 g/mol. The van der Waals surface area contributed by atoms with Crippen LogP contribution in [0.25, 0.3) is 11.0 Å².